The van der Waals surface area contributed by atoms with Gasteiger partial charge in [-0.25, -0.2) is 0 Å². The van der Waals surface area contributed by atoms with Crippen molar-refractivity contribution < 1.29 is 9.47 Å². The van der Waals surface area contributed by atoms with Crippen molar-refractivity contribution in [3.63, 3.8) is 0 Å². The van der Waals surface area contributed by atoms with Crippen molar-refractivity contribution in [2.24, 2.45) is 11.7 Å². The van der Waals surface area contributed by atoms with Crippen LogP contribution in [0.2, 0.25) is 0 Å². The summed E-state index contributed by atoms with van der Waals surface area (Å²) >= 11 is 0. The van der Waals surface area contributed by atoms with Gasteiger partial charge in [-0.15, -0.1) is 0 Å². The van der Waals surface area contributed by atoms with Crippen LogP contribution < -0.4 is 15.2 Å². The Morgan fingerprint density at radius 2 is 2.00 bits per heavy atom. The molecule has 1 unspecified atom stereocenters. The first-order valence-electron chi connectivity index (χ1n) is 6.29. The van der Waals surface area contributed by atoms with Gasteiger partial charge in [0.1, 0.15) is 5.65 Å². The lowest BCUT2D eigenvalue weighted by molar-refractivity contribution is 0.356. The number of fused-ring (bicyclic) bond motifs is 1. The molecule has 2 heterocycles. The number of rotatable bonds is 5. The van der Waals surface area contributed by atoms with Gasteiger partial charge in [-0.05, 0) is 18.0 Å². The Balaban J connectivity index is 2.64. The van der Waals surface area contributed by atoms with Gasteiger partial charge in [0.2, 0.25) is 5.88 Å². The summed E-state index contributed by atoms with van der Waals surface area (Å²) in [5, 5.41) is 0.882. The van der Waals surface area contributed by atoms with E-state index in [0.29, 0.717) is 24.0 Å². The van der Waals surface area contributed by atoms with Gasteiger partial charge in [0.05, 0.1) is 19.6 Å². The highest BCUT2D eigenvalue weighted by atomic mass is 16.5. The second-order valence-corrected chi connectivity index (χ2v) is 4.77. The zero-order valence-corrected chi connectivity index (χ0v) is 11.7. The highest BCUT2D eigenvalue weighted by Gasteiger charge is 2.22. The number of aromatic nitrogens is 3. The molecule has 0 saturated carbocycles. The number of methoxy groups -OCH3 is 2. The predicted molar refractivity (Wildman–Crippen MR) is 73.6 cm³/mol. The molecule has 6 heteroatoms. The zero-order valence-electron chi connectivity index (χ0n) is 11.7. The highest BCUT2D eigenvalue weighted by molar-refractivity contribution is 5.85. The fourth-order valence-electron chi connectivity index (χ4n) is 2.29. The lowest BCUT2D eigenvalue weighted by Crippen LogP contribution is -2.17. The van der Waals surface area contributed by atoms with E-state index in [1.165, 1.54) is 7.11 Å². The first-order chi connectivity index (χ1) is 9.12. The topological polar surface area (TPSA) is 86.0 Å². The molecule has 3 N–H and O–H groups in total. The molecule has 0 fully saturated rings. The SMILES string of the molecule is COc1nc(OC)c2c(C(CN)C(C)C)c[nH]c2n1. The van der Waals surface area contributed by atoms with Crippen LogP contribution in [0, 0.1) is 5.92 Å². The second kappa shape index (κ2) is 5.44. The van der Waals surface area contributed by atoms with Crippen molar-refractivity contribution in [3.8, 4) is 11.9 Å². The van der Waals surface area contributed by atoms with Gasteiger partial charge >= 0.3 is 6.01 Å². The largest absolute Gasteiger partial charge is 0.480 e. The summed E-state index contributed by atoms with van der Waals surface area (Å²) in [4.78, 5) is 11.7. The van der Waals surface area contributed by atoms with E-state index in [2.05, 4.69) is 28.8 Å². The quantitative estimate of drug-likeness (QED) is 0.858. The lowest BCUT2D eigenvalue weighted by Gasteiger charge is -2.18. The van der Waals surface area contributed by atoms with E-state index < -0.39 is 0 Å². The summed E-state index contributed by atoms with van der Waals surface area (Å²) < 4.78 is 10.4. The van der Waals surface area contributed by atoms with Gasteiger partial charge in [0.15, 0.2) is 0 Å². The second-order valence-electron chi connectivity index (χ2n) is 4.77. The minimum Gasteiger partial charge on any atom is -0.480 e. The number of nitrogens with zero attached hydrogens (tertiary/aromatic N) is 2. The van der Waals surface area contributed by atoms with Crippen molar-refractivity contribution in [3.05, 3.63) is 11.8 Å². The van der Waals surface area contributed by atoms with E-state index in [0.717, 1.165) is 10.9 Å². The number of ether oxygens (including phenoxy) is 2. The van der Waals surface area contributed by atoms with Crippen LogP contribution in [-0.2, 0) is 0 Å². The molecule has 0 amide bonds. The first kappa shape index (κ1) is 13.6. The maximum atomic E-state index is 5.88. The predicted octanol–water partition coefficient (Wildman–Crippen LogP) is 1.67. The normalized spacial score (nSPS) is 12.9. The average Bonchev–Trinajstić information content (AvgIpc) is 2.82. The fourth-order valence-corrected chi connectivity index (χ4v) is 2.29. The van der Waals surface area contributed by atoms with Gasteiger partial charge in [-0.3, -0.25) is 0 Å². The van der Waals surface area contributed by atoms with Gasteiger partial charge < -0.3 is 20.2 Å². The van der Waals surface area contributed by atoms with Crippen LogP contribution in [0.4, 0.5) is 0 Å². The average molecular weight is 264 g/mol. The van der Waals surface area contributed by atoms with Crippen LogP contribution in [0.5, 0.6) is 11.9 Å². The van der Waals surface area contributed by atoms with E-state index in [9.17, 15) is 0 Å². The number of hydrogen-bond donors (Lipinski definition) is 2. The minimum absolute atomic E-state index is 0.236. The van der Waals surface area contributed by atoms with Crippen molar-refractivity contribution in [2.45, 2.75) is 19.8 Å². The Hall–Kier alpha value is -1.82. The Morgan fingerprint density at radius 3 is 2.53 bits per heavy atom. The molecule has 1 atom stereocenters. The van der Waals surface area contributed by atoms with E-state index in [-0.39, 0.29) is 11.9 Å². The molecule has 104 valence electrons. The molecule has 0 aliphatic rings. The third-order valence-corrected chi connectivity index (χ3v) is 3.34. The monoisotopic (exact) mass is 264 g/mol. The van der Waals surface area contributed by atoms with Gasteiger partial charge in [-0.1, -0.05) is 13.8 Å². The molecule has 0 spiro atoms. The van der Waals surface area contributed by atoms with Crippen molar-refractivity contribution >= 4 is 11.0 Å². The van der Waals surface area contributed by atoms with E-state index in [1.807, 2.05) is 6.20 Å². The van der Waals surface area contributed by atoms with Crippen LogP contribution in [0.3, 0.4) is 0 Å². The smallest absolute Gasteiger partial charge is 0.321 e. The summed E-state index contributed by atoms with van der Waals surface area (Å²) in [6.45, 7) is 4.86. The van der Waals surface area contributed by atoms with Gasteiger partial charge in [0, 0.05) is 12.1 Å². The van der Waals surface area contributed by atoms with Crippen molar-refractivity contribution in [1.82, 2.24) is 15.0 Å². The molecule has 0 bridgehead atoms. The molecular weight excluding hydrogens is 244 g/mol. The molecular formula is C13H20N4O2. The van der Waals surface area contributed by atoms with Crippen molar-refractivity contribution in [2.75, 3.05) is 20.8 Å². The maximum absolute atomic E-state index is 5.88. The summed E-state index contributed by atoms with van der Waals surface area (Å²) in [6.07, 6.45) is 1.93. The van der Waals surface area contributed by atoms with Crippen LogP contribution >= 0.6 is 0 Å². The summed E-state index contributed by atoms with van der Waals surface area (Å²) in [5.41, 5.74) is 7.68. The molecule has 0 aliphatic carbocycles. The Labute approximate surface area is 112 Å². The number of nitrogens with two attached hydrogens (primary N) is 1. The van der Waals surface area contributed by atoms with Crippen LogP contribution in [0.15, 0.2) is 6.20 Å². The van der Waals surface area contributed by atoms with E-state index in [1.54, 1.807) is 7.11 Å². The van der Waals surface area contributed by atoms with Gasteiger partial charge in [0.25, 0.3) is 0 Å². The van der Waals surface area contributed by atoms with E-state index in [4.69, 9.17) is 15.2 Å². The molecule has 6 nitrogen and oxygen atoms in total. The Kier molecular flexibility index (Phi) is 3.90. The van der Waals surface area contributed by atoms with Gasteiger partial charge in [-0.2, -0.15) is 9.97 Å². The van der Waals surface area contributed by atoms with Crippen molar-refractivity contribution in [1.29, 1.82) is 0 Å². The summed E-state index contributed by atoms with van der Waals surface area (Å²) in [5.74, 6) is 1.17. The standard InChI is InChI=1S/C13H20N4O2/c1-7(2)8(5-14)9-6-15-11-10(9)12(18-3)17-13(16-11)19-4/h6-8H,5,14H2,1-4H3,(H,15,16,17). The molecule has 2 aromatic heterocycles. The lowest BCUT2D eigenvalue weighted by atomic mass is 9.89. The number of nitrogens with one attached hydrogen (secondary N) is 1. The zero-order chi connectivity index (χ0) is 14.0. The van der Waals surface area contributed by atoms with Crippen LogP contribution in [0.1, 0.15) is 25.3 Å². The molecule has 2 rings (SSSR count). The van der Waals surface area contributed by atoms with E-state index >= 15 is 0 Å². The molecule has 0 aromatic carbocycles. The third kappa shape index (κ3) is 2.35. The van der Waals surface area contributed by atoms with Crippen LogP contribution in [-0.4, -0.2) is 35.7 Å². The Morgan fingerprint density at radius 1 is 1.26 bits per heavy atom. The number of H-pyrrole nitrogens is 1. The minimum atomic E-state index is 0.236. The fraction of sp³-hybridized carbons (Fsp3) is 0.538. The first-order valence-corrected chi connectivity index (χ1v) is 6.29. The molecule has 2 aromatic rings. The summed E-state index contributed by atoms with van der Waals surface area (Å²) in [7, 11) is 3.12. The third-order valence-electron chi connectivity index (χ3n) is 3.34. The number of aromatic amines is 1. The highest BCUT2D eigenvalue weighted by Crippen LogP contribution is 2.34. The molecule has 19 heavy (non-hydrogen) atoms. The number of hydrogen-bond acceptors (Lipinski definition) is 5. The Bertz CT molecular complexity index is 565. The maximum Gasteiger partial charge on any atom is 0.321 e. The molecule has 0 aliphatic heterocycles. The molecule has 0 saturated heterocycles. The van der Waals surface area contributed by atoms with Crippen LogP contribution in [0.25, 0.3) is 11.0 Å². The molecule has 0 radical (unpaired) electrons. The summed E-state index contributed by atoms with van der Waals surface area (Å²) in [6, 6.07) is 0.284.